The van der Waals surface area contributed by atoms with Gasteiger partial charge in [0.1, 0.15) is 17.3 Å². The van der Waals surface area contributed by atoms with Gasteiger partial charge in [-0.05, 0) is 67.9 Å². The number of hydrogen-bond acceptors (Lipinski definition) is 6. The standard InChI is InChI=1S/C30H40N2O5/c1-6-9-10-19-37-24-14-11-22(12-15-24)27-26(28(33)23-13-16-25(36-5)21(4)20-23)29(34)30(35)32(27)18-17-31(7-2)8-3/h11-16,20,27,33H,6-10,17-19H2,1-5H3. The Labute approximate surface area is 220 Å². The highest BCUT2D eigenvalue weighted by molar-refractivity contribution is 6.46. The average molecular weight is 509 g/mol. The molecule has 1 aliphatic heterocycles. The number of ketones is 1. The summed E-state index contributed by atoms with van der Waals surface area (Å²) in [5.74, 6) is -0.0217. The number of carbonyl (C=O) groups excluding carboxylic acids is 2. The summed E-state index contributed by atoms with van der Waals surface area (Å²) in [5.41, 5.74) is 2.15. The zero-order valence-electron chi connectivity index (χ0n) is 22.8. The highest BCUT2D eigenvalue weighted by Crippen LogP contribution is 2.40. The van der Waals surface area contributed by atoms with Gasteiger partial charge < -0.3 is 24.4 Å². The molecule has 1 heterocycles. The van der Waals surface area contributed by atoms with Crippen molar-refractivity contribution >= 4 is 17.4 Å². The van der Waals surface area contributed by atoms with Crippen LogP contribution in [-0.4, -0.2) is 66.5 Å². The summed E-state index contributed by atoms with van der Waals surface area (Å²) >= 11 is 0. The lowest BCUT2D eigenvalue weighted by molar-refractivity contribution is -0.140. The first-order valence-electron chi connectivity index (χ1n) is 13.2. The summed E-state index contributed by atoms with van der Waals surface area (Å²) in [6.07, 6.45) is 3.23. The van der Waals surface area contributed by atoms with Gasteiger partial charge in [-0.15, -0.1) is 0 Å². The minimum Gasteiger partial charge on any atom is -0.507 e. The van der Waals surface area contributed by atoms with Gasteiger partial charge in [-0.25, -0.2) is 0 Å². The normalized spacial score (nSPS) is 17.0. The number of amides is 1. The molecule has 0 spiro atoms. The zero-order valence-corrected chi connectivity index (χ0v) is 22.8. The molecule has 200 valence electrons. The lowest BCUT2D eigenvalue weighted by Gasteiger charge is -2.28. The van der Waals surface area contributed by atoms with E-state index in [1.54, 1.807) is 30.2 Å². The number of nitrogens with zero attached hydrogens (tertiary/aromatic N) is 2. The topological polar surface area (TPSA) is 79.3 Å². The zero-order chi connectivity index (χ0) is 26.9. The maximum absolute atomic E-state index is 13.3. The molecule has 7 nitrogen and oxygen atoms in total. The van der Waals surface area contributed by atoms with Gasteiger partial charge >= 0.3 is 0 Å². The van der Waals surface area contributed by atoms with E-state index >= 15 is 0 Å². The Morgan fingerprint density at radius 1 is 1.03 bits per heavy atom. The van der Waals surface area contributed by atoms with Crippen LogP contribution in [0.2, 0.25) is 0 Å². The Bertz CT molecular complexity index is 1110. The molecule has 1 fully saturated rings. The van der Waals surface area contributed by atoms with E-state index in [0.717, 1.165) is 49.2 Å². The average Bonchev–Trinajstić information content (AvgIpc) is 3.16. The molecule has 1 unspecified atom stereocenters. The molecule has 1 atom stereocenters. The fourth-order valence-electron chi connectivity index (χ4n) is 4.72. The molecule has 0 radical (unpaired) electrons. The lowest BCUT2D eigenvalue weighted by atomic mass is 9.94. The van der Waals surface area contributed by atoms with Gasteiger partial charge in [0, 0.05) is 18.7 Å². The van der Waals surface area contributed by atoms with Crippen molar-refractivity contribution < 1.29 is 24.2 Å². The molecule has 1 N–H and O–H groups in total. The largest absolute Gasteiger partial charge is 0.507 e. The number of ether oxygens (including phenoxy) is 2. The monoisotopic (exact) mass is 508 g/mol. The molecule has 2 aromatic rings. The third-order valence-corrected chi connectivity index (χ3v) is 6.97. The van der Waals surface area contributed by atoms with Crippen LogP contribution in [0.3, 0.4) is 0 Å². The molecule has 0 saturated carbocycles. The number of aliphatic hydroxyl groups is 1. The number of likely N-dealkylation sites (tertiary alicyclic amines) is 1. The molecule has 0 aromatic heterocycles. The molecule has 3 rings (SSSR count). The number of unbranched alkanes of at least 4 members (excludes halogenated alkanes) is 2. The number of methoxy groups -OCH3 is 1. The van der Waals surface area contributed by atoms with Crippen LogP contribution in [0.4, 0.5) is 0 Å². The maximum Gasteiger partial charge on any atom is 0.295 e. The number of Topliss-reactive ketones (excluding diaryl/α,β-unsaturated/α-hetero) is 1. The van der Waals surface area contributed by atoms with Gasteiger partial charge in [-0.3, -0.25) is 9.59 Å². The molecule has 7 heteroatoms. The van der Waals surface area contributed by atoms with Crippen LogP contribution in [-0.2, 0) is 9.59 Å². The minimum atomic E-state index is -0.688. The smallest absolute Gasteiger partial charge is 0.295 e. The predicted octanol–water partition coefficient (Wildman–Crippen LogP) is 5.34. The van der Waals surface area contributed by atoms with Gasteiger partial charge in [0.25, 0.3) is 11.7 Å². The second-order valence-electron chi connectivity index (χ2n) is 9.33. The molecule has 1 saturated heterocycles. The predicted molar refractivity (Wildman–Crippen MR) is 146 cm³/mol. The molecule has 1 amide bonds. The van der Waals surface area contributed by atoms with Gasteiger partial charge in [0.2, 0.25) is 0 Å². The molecule has 0 bridgehead atoms. The van der Waals surface area contributed by atoms with Crippen LogP contribution in [0, 0.1) is 6.92 Å². The van der Waals surface area contributed by atoms with E-state index in [4.69, 9.17) is 9.47 Å². The van der Waals surface area contributed by atoms with Crippen molar-refractivity contribution in [1.29, 1.82) is 0 Å². The Morgan fingerprint density at radius 3 is 2.32 bits per heavy atom. The fourth-order valence-corrected chi connectivity index (χ4v) is 4.72. The Morgan fingerprint density at radius 2 is 1.73 bits per heavy atom. The van der Waals surface area contributed by atoms with Crippen molar-refractivity contribution in [1.82, 2.24) is 9.80 Å². The second-order valence-corrected chi connectivity index (χ2v) is 9.33. The van der Waals surface area contributed by atoms with E-state index < -0.39 is 17.7 Å². The van der Waals surface area contributed by atoms with Crippen LogP contribution in [0.15, 0.2) is 48.0 Å². The number of aliphatic hydroxyl groups excluding tert-OH is 1. The van der Waals surface area contributed by atoms with Crippen molar-refractivity contribution in [3.63, 3.8) is 0 Å². The molecule has 2 aromatic carbocycles. The van der Waals surface area contributed by atoms with Crippen LogP contribution in [0.25, 0.3) is 5.76 Å². The number of likely N-dealkylation sites (N-methyl/N-ethyl adjacent to an activating group) is 1. The van der Waals surface area contributed by atoms with E-state index in [1.807, 2.05) is 31.2 Å². The quantitative estimate of drug-likeness (QED) is 0.170. The van der Waals surface area contributed by atoms with Crippen LogP contribution >= 0.6 is 0 Å². The molecule has 37 heavy (non-hydrogen) atoms. The maximum atomic E-state index is 13.3. The highest BCUT2D eigenvalue weighted by Gasteiger charge is 2.46. The summed E-state index contributed by atoms with van der Waals surface area (Å²) < 4.78 is 11.2. The molecule has 1 aliphatic rings. The SMILES string of the molecule is CCCCCOc1ccc(C2C(=C(O)c3ccc(OC)c(C)c3)C(=O)C(=O)N2CCN(CC)CC)cc1. The Balaban J connectivity index is 2.01. The minimum absolute atomic E-state index is 0.103. The summed E-state index contributed by atoms with van der Waals surface area (Å²) in [6, 6.07) is 12.0. The second kappa shape index (κ2) is 13.3. The number of benzene rings is 2. The van der Waals surface area contributed by atoms with Gasteiger partial charge in [-0.1, -0.05) is 45.7 Å². The van der Waals surface area contributed by atoms with Crippen molar-refractivity contribution in [2.45, 2.75) is 53.0 Å². The summed E-state index contributed by atoms with van der Waals surface area (Å²) in [7, 11) is 1.58. The van der Waals surface area contributed by atoms with Crippen molar-refractivity contribution in [3.8, 4) is 11.5 Å². The summed E-state index contributed by atoms with van der Waals surface area (Å²) in [4.78, 5) is 30.3. The van der Waals surface area contributed by atoms with Gasteiger partial charge in [-0.2, -0.15) is 0 Å². The van der Waals surface area contributed by atoms with Crippen LogP contribution in [0.1, 0.15) is 62.8 Å². The van der Waals surface area contributed by atoms with E-state index in [0.29, 0.717) is 31.0 Å². The Kier molecular flexibility index (Phi) is 10.1. The van der Waals surface area contributed by atoms with E-state index in [-0.39, 0.29) is 11.3 Å². The fraction of sp³-hybridized carbons (Fsp3) is 0.467. The third-order valence-electron chi connectivity index (χ3n) is 6.97. The highest BCUT2D eigenvalue weighted by atomic mass is 16.5. The van der Waals surface area contributed by atoms with E-state index in [1.165, 1.54) is 0 Å². The number of hydrogen-bond donors (Lipinski definition) is 1. The van der Waals surface area contributed by atoms with Crippen LogP contribution < -0.4 is 9.47 Å². The molecular formula is C30H40N2O5. The van der Waals surface area contributed by atoms with Crippen molar-refractivity contribution in [2.75, 3.05) is 39.9 Å². The van der Waals surface area contributed by atoms with E-state index in [9.17, 15) is 14.7 Å². The van der Waals surface area contributed by atoms with Crippen molar-refractivity contribution in [2.24, 2.45) is 0 Å². The van der Waals surface area contributed by atoms with E-state index in [2.05, 4.69) is 25.7 Å². The van der Waals surface area contributed by atoms with Gasteiger partial charge in [0.15, 0.2) is 0 Å². The number of carbonyl (C=O) groups is 2. The Hall–Kier alpha value is -3.32. The van der Waals surface area contributed by atoms with Gasteiger partial charge in [0.05, 0.1) is 25.3 Å². The molecular weight excluding hydrogens is 468 g/mol. The summed E-state index contributed by atoms with van der Waals surface area (Å²) in [6.45, 7) is 11.5. The summed E-state index contributed by atoms with van der Waals surface area (Å²) in [5, 5.41) is 11.3. The molecule has 0 aliphatic carbocycles. The number of rotatable bonds is 13. The first-order chi connectivity index (χ1) is 17.9. The third kappa shape index (κ3) is 6.52. The number of aryl methyl sites for hydroxylation is 1. The lowest BCUT2D eigenvalue weighted by Crippen LogP contribution is -2.38. The first-order valence-corrected chi connectivity index (χ1v) is 13.2. The first kappa shape index (κ1) is 28.3. The van der Waals surface area contributed by atoms with Crippen molar-refractivity contribution in [3.05, 3.63) is 64.7 Å². The van der Waals surface area contributed by atoms with Crippen LogP contribution in [0.5, 0.6) is 11.5 Å².